The standard InChI is InChI=1S/C15H16Br2ClNS/c1-2-7-19-14(9-11-4-6-15(18)20-11)12-5-3-10(16)8-13(12)17/h3-6,8,14,19H,2,7,9H2,1H3. The Kier molecular flexibility index (Phi) is 6.56. The molecular weight excluding hydrogens is 422 g/mol. The molecule has 0 saturated carbocycles. The van der Waals surface area contributed by atoms with E-state index in [1.807, 2.05) is 6.07 Å². The number of benzene rings is 1. The monoisotopic (exact) mass is 435 g/mol. The first kappa shape index (κ1) is 16.5. The van der Waals surface area contributed by atoms with Crippen LogP contribution in [0.2, 0.25) is 4.34 Å². The number of halogens is 3. The van der Waals surface area contributed by atoms with Crippen LogP contribution in [0, 0.1) is 0 Å². The largest absolute Gasteiger partial charge is 0.310 e. The zero-order chi connectivity index (χ0) is 14.5. The highest BCUT2D eigenvalue weighted by molar-refractivity contribution is 9.11. The van der Waals surface area contributed by atoms with Crippen molar-refractivity contribution in [2.24, 2.45) is 0 Å². The zero-order valence-electron chi connectivity index (χ0n) is 11.1. The summed E-state index contributed by atoms with van der Waals surface area (Å²) in [5, 5.41) is 3.62. The third-order valence-electron chi connectivity index (χ3n) is 3.01. The molecular formula is C15H16Br2ClNS. The quantitative estimate of drug-likeness (QED) is 0.566. The van der Waals surface area contributed by atoms with Crippen molar-refractivity contribution in [1.29, 1.82) is 0 Å². The molecule has 1 N–H and O–H groups in total. The molecule has 0 aliphatic carbocycles. The van der Waals surface area contributed by atoms with Gasteiger partial charge in [-0.2, -0.15) is 0 Å². The van der Waals surface area contributed by atoms with E-state index < -0.39 is 0 Å². The van der Waals surface area contributed by atoms with Gasteiger partial charge in [-0.25, -0.2) is 0 Å². The maximum absolute atomic E-state index is 6.03. The average Bonchev–Trinajstić information content (AvgIpc) is 2.80. The van der Waals surface area contributed by atoms with Gasteiger partial charge < -0.3 is 5.32 Å². The van der Waals surface area contributed by atoms with Crippen LogP contribution in [0.15, 0.2) is 39.3 Å². The molecule has 1 aromatic carbocycles. The van der Waals surface area contributed by atoms with Crippen molar-refractivity contribution in [3.05, 3.63) is 54.1 Å². The van der Waals surface area contributed by atoms with E-state index in [0.717, 1.165) is 32.7 Å². The van der Waals surface area contributed by atoms with Crippen molar-refractivity contribution in [1.82, 2.24) is 5.32 Å². The van der Waals surface area contributed by atoms with E-state index in [1.165, 1.54) is 10.4 Å². The third-order valence-corrected chi connectivity index (χ3v) is 5.45. The van der Waals surface area contributed by atoms with Gasteiger partial charge in [0.15, 0.2) is 0 Å². The molecule has 2 rings (SSSR count). The van der Waals surface area contributed by atoms with Gasteiger partial charge in [-0.3, -0.25) is 0 Å². The Morgan fingerprint density at radius 3 is 2.65 bits per heavy atom. The van der Waals surface area contributed by atoms with Crippen LogP contribution in [-0.4, -0.2) is 6.54 Å². The van der Waals surface area contributed by atoms with Crippen molar-refractivity contribution in [2.45, 2.75) is 25.8 Å². The van der Waals surface area contributed by atoms with Crippen LogP contribution in [0.5, 0.6) is 0 Å². The Hall–Kier alpha value is 0.130. The summed E-state index contributed by atoms with van der Waals surface area (Å²) in [5.41, 5.74) is 1.28. The molecule has 1 atom stereocenters. The van der Waals surface area contributed by atoms with Gasteiger partial charge in [0, 0.05) is 26.3 Å². The normalized spacial score (nSPS) is 12.6. The molecule has 0 amide bonds. The molecule has 1 aromatic heterocycles. The van der Waals surface area contributed by atoms with E-state index in [1.54, 1.807) is 11.3 Å². The predicted molar refractivity (Wildman–Crippen MR) is 95.9 cm³/mol. The molecule has 1 unspecified atom stereocenters. The van der Waals surface area contributed by atoms with Crippen LogP contribution in [0.4, 0.5) is 0 Å². The van der Waals surface area contributed by atoms with Gasteiger partial charge >= 0.3 is 0 Å². The van der Waals surface area contributed by atoms with Crippen molar-refractivity contribution in [3.63, 3.8) is 0 Å². The van der Waals surface area contributed by atoms with Crippen molar-refractivity contribution < 1.29 is 0 Å². The summed E-state index contributed by atoms with van der Waals surface area (Å²) in [6, 6.07) is 10.7. The molecule has 5 heteroatoms. The number of nitrogens with one attached hydrogen (secondary N) is 1. The fourth-order valence-electron chi connectivity index (χ4n) is 2.06. The molecule has 0 bridgehead atoms. The van der Waals surface area contributed by atoms with Gasteiger partial charge in [-0.05, 0) is 42.8 Å². The summed E-state index contributed by atoms with van der Waals surface area (Å²) in [6.45, 7) is 3.19. The van der Waals surface area contributed by atoms with E-state index in [9.17, 15) is 0 Å². The molecule has 0 saturated heterocycles. The van der Waals surface area contributed by atoms with Crippen molar-refractivity contribution >= 4 is 54.8 Å². The van der Waals surface area contributed by atoms with E-state index >= 15 is 0 Å². The van der Waals surface area contributed by atoms with Crippen molar-refractivity contribution in [3.8, 4) is 0 Å². The van der Waals surface area contributed by atoms with Crippen LogP contribution in [-0.2, 0) is 6.42 Å². The van der Waals surface area contributed by atoms with E-state index in [2.05, 4.69) is 68.4 Å². The Balaban J connectivity index is 2.22. The average molecular weight is 438 g/mol. The summed E-state index contributed by atoms with van der Waals surface area (Å²) >= 11 is 14.9. The van der Waals surface area contributed by atoms with Gasteiger partial charge in [0.1, 0.15) is 0 Å². The van der Waals surface area contributed by atoms with Crippen LogP contribution < -0.4 is 5.32 Å². The lowest BCUT2D eigenvalue weighted by atomic mass is 10.0. The lowest BCUT2D eigenvalue weighted by Crippen LogP contribution is -2.24. The van der Waals surface area contributed by atoms with Gasteiger partial charge in [-0.1, -0.05) is 56.5 Å². The summed E-state index contributed by atoms with van der Waals surface area (Å²) in [7, 11) is 0. The molecule has 20 heavy (non-hydrogen) atoms. The van der Waals surface area contributed by atoms with Crippen LogP contribution in [0.3, 0.4) is 0 Å². The topological polar surface area (TPSA) is 12.0 Å². The van der Waals surface area contributed by atoms with Gasteiger partial charge in [0.2, 0.25) is 0 Å². The summed E-state index contributed by atoms with van der Waals surface area (Å²) in [6.07, 6.45) is 2.08. The molecule has 1 heterocycles. The molecule has 1 nitrogen and oxygen atoms in total. The number of hydrogen-bond donors (Lipinski definition) is 1. The van der Waals surface area contributed by atoms with E-state index in [0.29, 0.717) is 6.04 Å². The molecule has 0 spiro atoms. The second-order valence-electron chi connectivity index (χ2n) is 4.58. The minimum Gasteiger partial charge on any atom is -0.310 e. The lowest BCUT2D eigenvalue weighted by Gasteiger charge is -2.20. The number of thiophene rings is 1. The fraction of sp³-hybridized carbons (Fsp3) is 0.333. The fourth-order valence-corrected chi connectivity index (χ4v) is 4.51. The number of rotatable bonds is 6. The summed E-state index contributed by atoms with van der Waals surface area (Å²) < 4.78 is 3.06. The third kappa shape index (κ3) is 4.57. The van der Waals surface area contributed by atoms with E-state index in [-0.39, 0.29) is 0 Å². The Morgan fingerprint density at radius 1 is 1.25 bits per heavy atom. The second-order valence-corrected chi connectivity index (χ2v) is 8.15. The first-order valence-electron chi connectivity index (χ1n) is 6.52. The molecule has 0 aliphatic rings. The van der Waals surface area contributed by atoms with Crippen molar-refractivity contribution in [2.75, 3.05) is 6.54 Å². The van der Waals surface area contributed by atoms with Gasteiger partial charge in [0.25, 0.3) is 0 Å². The SMILES string of the molecule is CCCNC(Cc1ccc(Cl)s1)c1ccc(Br)cc1Br. The molecule has 2 aromatic rings. The first-order valence-corrected chi connectivity index (χ1v) is 9.30. The van der Waals surface area contributed by atoms with E-state index in [4.69, 9.17) is 11.6 Å². The van der Waals surface area contributed by atoms with Crippen LogP contribution in [0.25, 0.3) is 0 Å². The summed E-state index contributed by atoms with van der Waals surface area (Å²) in [4.78, 5) is 1.30. The second kappa shape index (κ2) is 7.95. The highest BCUT2D eigenvalue weighted by Crippen LogP contribution is 2.31. The van der Waals surface area contributed by atoms with Crippen LogP contribution in [0.1, 0.15) is 29.8 Å². The molecule has 0 fully saturated rings. The maximum atomic E-state index is 6.03. The molecule has 108 valence electrons. The summed E-state index contributed by atoms with van der Waals surface area (Å²) in [5.74, 6) is 0. The van der Waals surface area contributed by atoms with Crippen LogP contribution >= 0.6 is 54.8 Å². The minimum atomic E-state index is 0.298. The minimum absolute atomic E-state index is 0.298. The smallest absolute Gasteiger partial charge is 0.0931 e. The van der Waals surface area contributed by atoms with Gasteiger partial charge in [-0.15, -0.1) is 11.3 Å². The number of hydrogen-bond acceptors (Lipinski definition) is 2. The highest BCUT2D eigenvalue weighted by Gasteiger charge is 2.15. The Bertz CT molecular complexity index is 571. The lowest BCUT2D eigenvalue weighted by molar-refractivity contribution is 0.530. The Morgan fingerprint density at radius 2 is 2.05 bits per heavy atom. The highest BCUT2D eigenvalue weighted by atomic mass is 79.9. The maximum Gasteiger partial charge on any atom is 0.0931 e. The molecule has 0 radical (unpaired) electrons. The Labute approximate surface area is 146 Å². The van der Waals surface area contributed by atoms with Gasteiger partial charge in [0.05, 0.1) is 4.34 Å². The predicted octanol–water partition coefficient (Wildman–Crippen LogP) is 6.21. The first-order chi connectivity index (χ1) is 9.60. The molecule has 0 aliphatic heterocycles. The zero-order valence-corrected chi connectivity index (χ0v) is 15.9.